The summed E-state index contributed by atoms with van der Waals surface area (Å²) in [7, 11) is 0. The quantitative estimate of drug-likeness (QED) is 0.142. The largest absolute Gasteiger partial charge is 0.309 e. The lowest BCUT2D eigenvalue weighted by Gasteiger charge is -2.23. The van der Waals surface area contributed by atoms with Crippen LogP contribution in [-0.4, -0.2) is 37.3 Å². The van der Waals surface area contributed by atoms with Gasteiger partial charge >= 0.3 is 0 Å². The van der Waals surface area contributed by atoms with E-state index in [1.807, 2.05) is 24.3 Å². The lowest BCUT2D eigenvalue weighted by Crippen LogP contribution is -2.35. The van der Waals surface area contributed by atoms with E-state index in [-0.39, 0.29) is 72.0 Å². The summed E-state index contributed by atoms with van der Waals surface area (Å²) >= 11 is 0. The zero-order valence-electron chi connectivity index (χ0n) is 66.3. The molecule has 17 rings (SSSR count). The summed E-state index contributed by atoms with van der Waals surface area (Å²) in [6.45, 7) is 44.9. The van der Waals surface area contributed by atoms with Gasteiger partial charge in [-0.15, -0.1) is 0 Å². The lowest BCUT2D eigenvalue weighted by atomic mass is 9.83. The van der Waals surface area contributed by atoms with Crippen LogP contribution in [0.5, 0.6) is 0 Å². The Morgan fingerprint density at radius 1 is 0.269 bits per heavy atom. The Balaban J connectivity index is 0.872. The molecular weight excluding hydrogens is 1320 g/mol. The van der Waals surface area contributed by atoms with Gasteiger partial charge in [-0.05, 0) is 215 Å². The molecule has 2 aliphatic heterocycles. The molecule has 108 heavy (non-hydrogen) atoms. The van der Waals surface area contributed by atoms with Crippen LogP contribution in [-0.2, 0) is 38.9 Å². The maximum Gasteiger partial charge on any atom is 0.266 e. The summed E-state index contributed by atoms with van der Waals surface area (Å²) in [6.07, 6.45) is 0.919. The summed E-state index contributed by atoms with van der Waals surface area (Å²) in [5.41, 5.74) is 22.1. The highest BCUT2D eigenvalue weighted by Gasteiger charge is 2.46. The van der Waals surface area contributed by atoms with Crippen molar-refractivity contribution in [3.8, 4) is 28.2 Å². The topological polar surface area (TPSA) is 89.6 Å². The SMILES string of the molecule is CC(C)Cc1ccc2c(c1)-c1cc(C(C)(C)C)ccc1C2c1cc2c(cc1-n1c3ccc(C(C)(C)C)cc3c3cc(C(C)(C)C)ccc31)C(=O)N(c1ccccc1N1C(=O)c3cc(-n4c5ccccc5c5cc(C(C)(C)C)ccc54)c(-n4c5ccc(C(C)(C)C)cc5c5cc(C(C)(C)C)ccc54)cc3C1=O)C2=O. The minimum atomic E-state index is -0.570. The number of hydrogen-bond acceptors (Lipinski definition) is 4. The van der Waals surface area contributed by atoms with E-state index in [1.54, 1.807) is 24.3 Å². The number of anilines is 2. The monoisotopic (exact) mass is 1420 g/mol. The molecule has 0 spiro atoms. The third-order valence-electron chi connectivity index (χ3n) is 23.5. The molecule has 1 atom stereocenters. The summed E-state index contributed by atoms with van der Waals surface area (Å²) in [4.78, 5) is 67.5. The smallest absolute Gasteiger partial charge is 0.266 e. The van der Waals surface area contributed by atoms with Crippen LogP contribution in [0.3, 0.4) is 0 Å². The first-order valence-electron chi connectivity index (χ1n) is 38.6. The van der Waals surface area contributed by atoms with E-state index >= 15 is 19.2 Å². The molecule has 542 valence electrons. The molecule has 0 bridgehead atoms. The van der Waals surface area contributed by atoms with Gasteiger partial charge in [0.1, 0.15) is 0 Å². The number of imide groups is 2. The van der Waals surface area contributed by atoms with E-state index in [0.29, 0.717) is 17.3 Å². The van der Waals surface area contributed by atoms with Gasteiger partial charge in [0.05, 0.1) is 83.8 Å². The molecule has 1 aliphatic carbocycles. The standard InChI is InChI=1S/C99H97N5O4/c1-55(2)43-56-29-36-64-66(44-56)67-45-57(94(3,4)5)30-37-65(67)89(64)77-51-73-74(52-86(77)100-80-39-32-59(96(9,10)11)47-69(80)70-48-60(97(12,13)14)33-40-81(70)100)91(106)103(90(73)105)84-27-23-24-28-85(84)104-92(107)75-53-87(101-78-26-22-21-25-63(78)68-46-58(95(6,7)8)31-38-79(68)101)88(54-76(75)93(104)108)102-82-41-34-61(98(15,16)17)49-71(82)72-50-62(99(18,19)20)35-42-83(72)102/h21-42,44-55,89H,43H2,1-20H3. The van der Waals surface area contributed by atoms with Crippen molar-refractivity contribution in [1.82, 2.24) is 13.7 Å². The van der Waals surface area contributed by atoms with Crippen molar-refractivity contribution in [3.05, 3.63) is 278 Å². The second kappa shape index (κ2) is 23.8. The average Bonchev–Trinajstić information content (AvgIpc) is 1.55. The Morgan fingerprint density at radius 2 is 0.565 bits per heavy atom. The molecule has 1 unspecified atom stereocenters. The summed E-state index contributed by atoms with van der Waals surface area (Å²) < 4.78 is 6.87. The van der Waals surface area contributed by atoms with Gasteiger partial charge < -0.3 is 13.7 Å². The van der Waals surface area contributed by atoms with Crippen LogP contribution in [0.2, 0.25) is 0 Å². The number of hydrogen-bond donors (Lipinski definition) is 0. The number of nitrogens with zero attached hydrogens (tertiary/aromatic N) is 5. The van der Waals surface area contributed by atoms with Gasteiger partial charge in [-0.3, -0.25) is 19.2 Å². The van der Waals surface area contributed by atoms with Gasteiger partial charge in [0.15, 0.2) is 0 Å². The fourth-order valence-corrected chi connectivity index (χ4v) is 17.4. The Hall–Kier alpha value is -10.9. The second-order valence-corrected chi connectivity index (χ2v) is 37.7. The van der Waals surface area contributed by atoms with E-state index in [1.165, 1.54) is 54.3 Å². The third-order valence-corrected chi connectivity index (χ3v) is 23.5. The van der Waals surface area contributed by atoms with Crippen molar-refractivity contribution in [2.45, 2.75) is 183 Å². The van der Waals surface area contributed by atoms with Gasteiger partial charge in [-0.25, -0.2) is 9.80 Å². The third kappa shape index (κ3) is 10.9. The average molecular weight is 1420 g/mol. The van der Waals surface area contributed by atoms with Gasteiger partial charge in [-0.2, -0.15) is 0 Å². The van der Waals surface area contributed by atoms with E-state index in [0.717, 1.165) is 99.8 Å². The van der Waals surface area contributed by atoms with Gasteiger partial charge in [0.25, 0.3) is 23.6 Å². The maximum atomic E-state index is 16.3. The minimum absolute atomic E-state index is 0.117. The number of aromatic nitrogens is 3. The number of para-hydroxylation sites is 3. The molecule has 3 aliphatic rings. The summed E-state index contributed by atoms with van der Waals surface area (Å²) in [5, 5.41) is 6.46. The Labute approximate surface area is 634 Å². The van der Waals surface area contributed by atoms with Crippen LogP contribution < -0.4 is 9.80 Å². The zero-order valence-corrected chi connectivity index (χ0v) is 66.3. The van der Waals surface area contributed by atoms with Crippen LogP contribution in [0.15, 0.2) is 200 Å². The molecule has 0 saturated heterocycles. The van der Waals surface area contributed by atoms with E-state index in [2.05, 4.69) is 304 Å². The lowest BCUT2D eigenvalue weighted by molar-refractivity contribution is 0.0904. The molecule has 0 saturated carbocycles. The highest BCUT2D eigenvalue weighted by Crippen LogP contribution is 2.54. The fraction of sp³-hybridized carbons (Fsp3) is 0.293. The van der Waals surface area contributed by atoms with Crippen molar-refractivity contribution in [3.63, 3.8) is 0 Å². The van der Waals surface area contributed by atoms with Crippen LogP contribution in [0, 0.1) is 5.92 Å². The molecule has 4 amide bonds. The number of fused-ring (bicyclic) bond motifs is 14. The highest BCUT2D eigenvalue weighted by atomic mass is 16.2. The molecule has 0 fully saturated rings. The van der Waals surface area contributed by atoms with Crippen molar-refractivity contribution in [2.24, 2.45) is 5.92 Å². The van der Waals surface area contributed by atoms with E-state index in [9.17, 15) is 0 Å². The normalized spacial score (nSPS) is 15.1. The van der Waals surface area contributed by atoms with Crippen molar-refractivity contribution in [2.75, 3.05) is 9.80 Å². The molecule has 5 heterocycles. The fourth-order valence-electron chi connectivity index (χ4n) is 17.4. The molecule has 9 nitrogen and oxygen atoms in total. The summed E-state index contributed by atoms with van der Waals surface area (Å²) in [5.74, 6) is -2.17. The number of benzene rings is 11. The predicted molar refractivity (Wildman–Crippen MR) is 448 cm³/mol. The van der Waals surface area contributed by atoms with Crippen LogP contribution in [0.1, 0.15) is 241 Å². The molecule has 3 aromatic heterocycles. The van der Waals surface area contributed by atoms with E-state index in [4.69, 9.17) is 0 Å². The first kappa shape index (κ1) is 70.1. The first-order valence-corrected chi connectivity index (χ1v) is 38.6. The van der Waals surface area contributed by atoms with Gasteiger partial charge in [0.2, 0.25) is 0 Å². The Kier molecular flexibility index (Phi) is 15.4. The van der Waals surface area contributed by atoms with Crippen molar-refractivity contribution >= 4 is 100 Å². The zero-order chi connectivity index (χ0) is 76.4. The Morgan fingerprint density at radius 3 is 0.944 bits per heavy atom. The molecule has 11 aromatic carbocycles. The molecule has 14 aromatic rings. The molecule has 0 radical (unpaired) electrons. The first-order chi connectivity index (χ1) is 50.8. The van der Waals surface area contributed by atoms with Crippen LogP contribution in [0.4, 0.5) is 11.4 Å². The number of rotatable bonds is 8. The minimum Gasteiger partial charge on any atom is -0.309 e. The van der Waals surface area contributed by atoms with Crippen molar-refractivity contribution < 1.29 is 19.2 Å². The molecule has 0 N–H and O–H groups in total. The van der Waals surface area contributed by atoms with Crippen molar-refractivity contribution in [1.29, 1.82) is 0 Å². The van der Waals surface area contributed by atoms with Gasteiger partial charge in [-0.1, -0.05) is 236 Å². The molecular formula is C99H97N5O4. The second-order valence-electron chi connectivity index (χ2n) is 37.7. The highest BCUT2D eigenvalue weighted by molar-refractivity contribution is 6.39. The number of carbonyl (C=O) groups excluding carboxylic acids is 4. The number of amides is 4. The van der Waals surface area contributed by atoms with Crippen LogP contribution >= 0.6 is 0 Å². The Bertz CT molecular complexity index is 6150. The predicted octanol–water partition coefficient (Wildman–Crippen LogP) is 24.7. The van der Waals surface area contributed by atoms with E-state index < -0.39 is 23.6 Å². The summed E-state index contributed by atoms with van der Waals surface area (Å²) in [6, 6.07) is 70.8. The van der Waals surface area contributed by atoms with Gasteiger partial charge in [0, 0.05) is 38.2 Å². The van der Waals surface area contributed by atoms with Crippen LogP contribution in [0.25, 0.3) is 93.6 Å². The maximum absolute atomic E-state index is 16.3. The molecule has 9 heteroatoms. The number of carbonyl (C=O) groups is 4.